The maximum atomic E-state index is 13.4. The minimum atomic E-state index is -4.80. The van der Waals surface area contributed by atoms with Crippen LogP contribution in [0.3, 0.4) is 0 Å². The van der Waals surface area contributed by atoms with Gasteiger partial charge in [-0.15, -0.1) is 13.2 Å². The molecule has 6 rings (SSSR count). The smallest absolute Gasteiger partial charge is 0.461 e. The first kappa shape index (κ1) is 29.9. The summed E-state index contributed by atoms with van der Waals surface area (Å²) in [7, 11) is 0. The number of carbonyl (C=O) groups excluding carboxylic acids is 1. The van der Waals surface area contributed by atoms with Crippen molar-refractivity contribution in [3.05, 3.63) is 120 Å². The van der Waals surface area contributed by atoms with Gasteiger partial charge in [-0.1, -0.05) is 60.7 Å². The van der Waals surface area contributed by atoms with E-state index >= 15 is 0 Å². The fraction of sp³-hybridized carbons (Fsp3) is 0.229. The van der Waals surface area contributed by atoms with E-state index in [2.05, 4.69) is 33.9 Å². The summed E-state index contributed by atoms with van der Waals surface area (Å²) in [5, 5.41) is 0. The number of imidazole rings is 1. The molecule has 0 amide bonds. The van der Waals surface area contributed by atoms with Crippen LogP contribution in [-0.2, 0) is 17.8 Å². The van der Waals surface area contributed by atoms with E-state index in [0.717, 1.165) is 29.8 Å². The van der Waals surface area contributed by atoms with Gasteiger partial charge in [0.05, 0.1) is 6.61 Å². The molecular weight excluding hydrogens is 581 g/mol. The Morgan fingerprint density at radius 2 is 1.47 bits per heavy atom. The number of hydrogen-bond acceptors (Lipinski definition) is 6. The minimum Gasteiger partial charge on any atom is -0.461 e. The van der Waals surface area contributed by atoms with Gasteiger partial charge in [0.1, 0.15) is 23.1 Å². The predicted molar refractivity (Wildman–Crippen MR) is 165 cm³/mol. The Kier molecular flexibility index (Phi) is 8.55. The lowest BCUT2D eigenvalue weighted by atomic mass is 10.1. The molecule has 10 heteroatoms. The molecular formula is C35H31F3N4O3. The molecule has 0 atom stereocenters. The van der Waals surface area contributed by atoms with Crippen LogP contribution in [0.5, 0.6) is 5.75 Å². The van der Waals surface area contributed by atoms with Crippen LogP contribution in [0.25, 0.3) is 22.6 Å². The molecule has 5 aromatic rings. The van der Waals surface area contributed by atoms with E-state index in [4.69, 9.17) is 14.7 Å². The normalized spacial score (nSPS) is 13.0. The molecule has 0 aliphatic heterocycles. The largest absolute Gasteiger partial charge is 0.573 e. The maximum absolute atomic E-state index is 13.4. The molecule has 0 N–H and O–H groups in total. The van der Waals surface area contributed by atoms with E-state index in [1.54, 1.807) is 13.1 Å². The molecule has 2 heterocycles. The summed E-state index contributed by atoms with van der Waals surface area (Å²) in [4.78, 5) is 25.2. The van der Waals surface area contributed by atoms with E-state index in [1.807, 2.05) is 53.1 Å². The summed E-state index contributed by atoms with van der Waals surface area (Å²) in [5.74, 6) is 0.366. The van der Waals surface area contributed by atoms with Gasteiger partial charge in [-0.2, -0.15) is 0 Å². The fourth-order valence-corrected chi connectivity index (χ4v) is 5.26. The first-order chi connectivity index (χ1) is 21.8. The van der Waals surface area contributed by atoms with E-state index in [-0.39, 0.29) is 18.4 Å². The summed E-state index contributed by atoms with van der Waals surface area (Å²) >= 11 is 0. The number of pyridine rings is 1. The van der Waals surface area contributed by atoms with Gasteiger partial charge in [0.25, 0.3) is 0 Å². The van der Waals surface area contributed by atoms with Crippen molar-refractivity contribution >= 4 is 11.8 Å². The van der Waals surface area contributed by atoms with Crippen molar-refractivity contribution in [2.75, 3.05) is 11.5 Å². The van der Waals surface area contributed by atoms with Crippen LogP contribution in [0.2, 0.25) is 0 Å². The lowest BCUT2D eigenvalue weighted by Gasteiger charge is -2.24. The van der Waals surface area contributed by atoms with E-state index in [0.29, 0.717) is 41.4 Å². The van der Waals surface area contributed by atoms with E-state index in [1.165, 1.54) is 24.3 Å². The minimum absolute atomic E-state index is 0.0197. The van der Waals surface area contributed by atoms with E-state index < -0.39 is 12.3 Å². The van der Waals surface area contributed by atoms with Gasteiger partial charge in [-0.05, 0) is 67.3 Å². The summed E-state index contributed by atoms with van der Waals surface area (Å²) in [6, 6.07) is 29.6. The third-order valence-corrected chi connectivity index (χ3v) is 7.42. The number of nitrogens with zero attached hydrogens (tertiary/aromatic N) is 4. The lowest BCUT2D eigenvalue weighted by Crippen LogP contribution is -2.23. The van der Waals surface area contributed by atoms with Gasteiger partial charge in [-0.3, -0.25) is 0 Å². The van der Waals surface area contributed by atoms with Gasteiger partial charge in [0.15, 0.2) is 5.69 Å². The van der Waals surface area contributed by atoms with Crippen LogP contribution in [0.1, 0.15) is 47.4 Å². The van der Waals surface area contributed by atoms with Crippen LogP contribution >= 0.6 is 0 Å². The highest BCUT2D eigenvalue weighted by molar-refractivity contribution is 5.96. The van der Waals surface area contributed by atoms with Gasteiger partial charge in [0.2, 0.25) is 0 Å². The molecule has 0 radical (unpaired) electrons. The second kappa shape index (κ2) is 12.9. The average Bonchev–Trinajstić information content (AvgIpc) is 3.80. The van der Waals surface area contributed by atoms with E-state index in [9.17, 15) is 18.0 Å². The molecule has 1 aliphatic carbocycles. The first-order valence-electron chi connectivity index (χ1n) is 14.7. The van der Waals surface area contributed by atoms with Crippen molar-refractivity contribution in [2.24, 2.45) is 0 Å². The number of aromatic nitrogens is 3. The lowest BCUT2D eigenvalue weighted by molar-refractivity contribution is -0.274. The van der Waals surface area contributed by atoms with Crippen molar-refractivity contribution in [1.82, 2.24) is 14.5 Å². The predicted octanol–water partition coefficient (Wildman–Crippen LogP) is 8.23. The molecule has 0 saturated heterocycles. The number of anilines is 1. The highest BCUT2D eigenvalue weighted by Gasteiger charge is 2.35. The summed E-state index contributed by atoms with van der Waals surface area (Å²) in [5.41, 5.74) is 4.16. The number of esters is 1. The second-order valence-electron chi connectivity index (χ2n) is 10.8. The number of hydrogen-bond donors (Lipinski definition) is 0. The molecule has 1 aliphatic rings. The number of benzene rings is 3. The highest BCUT2D eigenvalue weighted by atomic mass is 19.4. The molecule has 45 heavy (non-hydrogen) atoms. The number of alkyl halides is 3. The van der Waals surface area contributed by atoms with Crippen molar-refractivity contribution in [3.8, 4) is 28.4 Å². The summed E-state index contributed by atoms with van der Waals surface area (Å²) in [6.45, 7) is 3.20. The van der Waals surface area contributed by atoms with Crippen molar-refractivity contribution < 1.29 is 27.4 Å². The zero-order valence-electron chi connectivity index (χ0n) is 24.6. The average molecular weight is 613 g/mol. The molecule has 2 aromatic heterocycles. The fourth-order valence-electron chi connectivity index (χ4n) is 5.26. The Labute approximate surface area is 258 Å². The van der Waals surface area contributed by atoms with Crippen LogP contribution in [0.15, 0.2) is 103 Å². The molecule has 0 spiro atoms. The van der Waals surface area contributed by atoms with Crippen molar-refractivity contribution in [1.29, 1.82) is 0 Å². The van der Waals surface area contributed by atoms with Gasteiger partial charge in [-0.25, -0.2) is 14.8 Å². The summed E-state index contributed by atoms with van der Waals surface area (Å²) < 4.78 is 49.6. The first-order valence-corrected chi connectivity index (χ1v) is 14.7. The Morgan fingerprint density at radius 1 is 0.867 bits per heavy atom. The molecule has 1 fully saturated rings. The Hall–Kier alpha value is -5.12. The molecule has 230 valence electrons. The summed E-state index contributed by atoms with van der Waals surface area (Å²) in [6.07, 6.45) is -1.41. The zero-order valence-corrected chi connectivity index (χ0v) is 24.6. The SMILES string of the molecule is CCOC(=O)c1c(-c2ccc(N(Cc3ccccc3)Cc3ccccc3)nc2)nc(-c2ccc(OC(F)(F)F)cc2)n1C1CC1. The quantitative estimate of drug-likeness (QED) is 0.140. The van der Waals surface area contributed by atoms with Crippen molar-refractivity contribution in [2.45, 2.75) is 45.3 Å². The maximum Gasteiger partial charge on any atom is 0.573 e. The molecule has 0 unspecified atom stereocenters. The van der Waals surface area contributed by atoms with Crippen LogP contribution < -0.4 is 9.64 Å². The second-order valence-corrected chi connectivity index (χ2v) is 10.8. The topological polar surface area (TPSA) is 69.5 Å². The number of halogens is 3. The zero-order chi connectivity index (χ0) is 31.4. The van der Waals surface area contributed by atoms with Crippen molar-refractivity contribution in [3.63, 3.8) is 0 Å². The van der Waals surface area contributed by atoms with Gasteiger partial charge >= 0.3 is 12.3 Å². The molecule has 0 bridgehead atoms. The molecule has 1 saturated carbocycles. The standard InChI is InChI=1S/C35H31F3N4O3/c1-2-44-34(43)32-31(40-33(42(32)28-16-17-28)26-13-18-29(19-14-26)45-35(36,37)38)27-15-20-30(39-21-27)41(22-24-9-5-3-6-10-24)23-25-11-7-4-8-12-25/h3-15,18-21,28H,2,16-17,22-23H2,1H3. The Bertz CT molecular complexity index is 1690. The van der Waals surface area contributed by atoms with Gasteiger partial charge < -0.3 is 18.9 Å². The Morgan fingerprint density at radius 3 is 1.98 bits per heavy atom. The van der Waals surface area contributed by atoms with Crippen LogP contribution in [0, 0.1) is 0 Å². The monoisotopic (exact) mass is 612 g/mol. The number of carbonyl (C=O) groups is 1. The molecule has 7 nitrogen and oxygen atoms in total. The Balaban J connectivity index is 1.37. The molecule has 3 aromatic carbocycles. The van der Waals surface area contributed by atoms with Crippen LogP contribution in [-0.4, -0.2) is 33.5 Å². The van der Waals surface area contributed by atoms with Gasteiger partial charge in [0, 0.05) is 36.5 Å². The van der Waals surface area contributed by atoms with Crippen LogP contribution in [0.4, 0.5) is 19.0 Å². The third-order valence-electron chi connectivity index (χ3n) is 7.42. The number of rotatable bonds is 11. The number of ether oxygens (including phenoxy) is 2. The highest BCUT2D eigenvalue weighted by Crippen LogP contribution is 2.43. The third kappa shape index (κ3) is 7.17.